The number of fused-ring (bicyclic) bond motifs is 1. The third-order valence-corrected chi connectivity index (χ3v) is 8.09. The molecule has 1 aliphatic heterocycles. The minimum absolute atomic E-state index is 0.0208. The first-order chi connectivity index (χ1) is 12.7. The van der Waals surface area contributed by atoms with E-state index in [1.54, 1.807) is 0 Å². The highest BCUT2D eigenvalue weighted by Crippen LogP contribution is 2.20. The molecular formula is C17H22N2O6S2. The van der Waals surface area contributed by atoms with Crippen LogP contribution in [-0.4, -0.2) is 46.0 Å². The molecule has 2 aromatic rings. The van der Waals surface area contributed by atoms with Gasteiger partial charge in [0.05, 0.1) is 10.6 Å². The SMILES string of the molecule is C[C@@H]1CCCCN1S(=O)(=O)CCNS(=O)(=O)c1ccc2oc(=O)ccc2c1. The van der Waals surface area contributed by atoms with E-state index in [-0.39, 0.29) is 28.8 Å². The molecule has 10 heteroatoms. The molecule has 0 saturated carbocycles. The van der Waals surface area contributed by atoms with Crippen LogP contribution < -0.4 is 10.3 Å². The smallest absolute Gasteiger partial charge is 0.336 e. The zero-order valence-electron chi connectivity index (χ0n) is 14.9. The number of rotatable bonds is 6. The van der Waals surface area contributed by atoms with Crippen molar-refractivity contribution in [3.8, 4) is 0 Å². The van der Waals surface area contributed by atoms with Gasteiger partial charge >= 0.3 is 5.63 Å². The molecule has 27 heavy (non-hydrogen) atoms. The standard InChI is InChI=1S/C17H22N2O6S2/c1-13-4-2-3-10-19(13)26(21,22)11-9-18-27(23,24)15-6-7-16-14(12-15)5-8-17(20)25-16/h5-8,12-13,18H,2-4,9-11H2,1H3/t13-/m1/s1. The lowest BCUT2D eigenvalue weighted by atomic mass is 10.1. The lowest BCUT2D eigenvalue weighted by molar-refractivity contribution is 0.269. The second kappa shape index (κ2) is 7.70. The maximum Gasteiger partial charge on any atom is 0.336 e. The van der Waals surface area contributed by atoms with Gasteiger partial charge in [0.1, 0.15) is 5.58 Å². The minimum Gasteiger partial charge on any atom is -0.423 e. The number of piperidine rings is 1. The topological polar surface area (TPSA) is 114 Å². The van der Waals surface area contributed by atoms with E-state index in [0.29, 0.717) is 11.9 Å². The molecule has 1 aromatic heterocycles. The molecule has 1 N–H and O–H groups in total. The van der Waals surface area contributed by atoms with Gasteiger partial charge in [-0.05, 0) is 44.0 Å². The number of hydrogen-bond donors (Lipinski definition) is 1. The van der Waals surface area contributed by atoms with E-state index in [2.05, 4.69) is 4.72 Å². The van der Waals surface area contributed by atoms with E-state index in [4.69, 9.17) is 4.42 Å². The number of hydrogen-bond acceptors (Lipinski definition) is 6. The first-order valence-corrected chi connectivity index (χ1v) is 11.8. The Morgan fingerprint density at radius 1 is 1.15 bits per heavy atom. The highest BCUT2D eigenvalue weighted by atomic mass is 32.2. The van der Waals surface area contributed by atoms with Crippen molar-refractivity contribution < 1.29 is 21.3 Å². The molecule has 1 aromatic carbocycles. The molecule has 0 amide bonds. The Balaban J connectivity index is 1.69. The molecule has 1 fully saturated rings. The van der Waals surface area contributed by atoms with Crippen LogP contribution in [0.25, 0.3) is 11.0 Å². The number of sulfonamides is 2. The fourth-order valence-electron chi connectivity index (χ4n) is 3.21. The van der Waals surface area contributed by atoms with Crippen LogP contribution >= 0.6 is 0 Å². The summed E-state index contributed by atoms with van der Waals surface area (Å²) in [7, 11) is -7.40. The van der Waals surface area contributed by atoms with E-state index in [1.165, 1.54) is 34.6 Å². The van der Waals surface area contributed by atoms with Crippen LogP contribution in [0.4, 0.5) is 0 Å². The largest absolute Gasteiger partial charge is 0.423 e. The van der Waals surface area contributed by atoms with Crippen LogP contribution in [0.1, 0.15) is 26.2 Å². The Hall–Kier alpha value is -1.75. The number of nitrogens with one attached hydrogen (secondary N) is 1. The van der Waals surface area contributed by atoms with Crippen LogP contribution in [0.15, 0.2) is 44.4 Å². The van der Waals surface area contributed by atoms with Gasteiger partial charge in [-0.25, -0.2) is 26.4 Å². The zero-order chi connectivity index (χ0) is 19.7. The quantitative estimate of drug-likeness (QED) is 0.712. The fraction of sp³-hybridized carbons (Fsp3) is 0.471. The predicted octanol–water partition coefficient (Wildman–Crippen LogP) is 1.28. The molecule has 0 bridgehead atoms. The molecule has 0 radical (unpaired) electrons. The van der Waals surface area contributed by atoms with Gasteiger partial charge in [-0.3, -0.25) is 0 Å². The van der Waals surface area contributed by atoms with Crippen LogP contribution in [0.3, 0.4) is 0 Å². The summed E-state index contributed by atoms with van der Waals surface area (Å²) in [4.78, 5) is 11.2. The summed E-state index contributed by atoms with van der Waals surface area (Å²) in [6.07, 6.45) is 2.64. The summed E-state index contributed by atoms with van der Waals surface area (Å²) in [5, 5.41) is 0.465. The van der Waals surface area contributed by atoms with E-state index >= 15 is 0 Å². The van der Waals surface area contributed by atoms with Crippen molar-refractivity contribution in [2.45, 2.75) is 37.1 Å². The summed E-state index contributed by atoms with van der Waals surface area (Å²) in [6.45, 7) is 2.14. The molecule has 3 rings (SSSR count). The molecular weight excluding hydrogens is 392 g/mol. The molecule has 0 unspecified atom stereocenters. The van der Waals surface area contributed by atoms with Crippen molar-refractivity contribution >= 4 is 31.0 Å². The molecule has 1 aliphatic rings. The van der Waals surface area contributed by atoms with Gasteiger partial charge in [-0.2, -0.15) is 4.31 Å². The lowest BCUT2D eigenvalue weighted by Gasteiger charge is -2.32. The average molecular weight is 415 g/mol. The van der Waals surface area contributed by atoms with Gasteiger partial charge in [-0.15, -0.1) is 0 Å². The van der Waals surface area contributed by atoms with Crippen molar-refractivity contribution in [2.24, 2.45) is 0 Å². The fourth-order valence-corrected chi connectivity index (χ4v) is 6.06. The highest BCUT2D eigenvalue weighted by molar-refractivity contribution is 7.90. The van der Waals surface area contributed by atoms with Crippen molar-refractivity contribution in [3.05, 3.63) is 40.8 Å². The third-order valence-electron chi connectivity index (χ3n) is 4.65. The van der Waals surface area contributed by atoms with Gasteiger partial charge < -0.3 is 4.42 Å². The summed E-state index contributed by atoms with van der Waals surface area (Å²) in [5.74, 6) is -0.293. The van der Waals surface area contributed by atoms with E-state index in [1.807, 2.05) is 6.92 Å². The molecule has 0 aliphatic carbocycles. The second-order valence-corrected chi connectivity index (χ2v) is 10.4. The van der Waals surface area contributed by atoms with Crippen LogP contribution in [-0.2, 0) is 20.0 Å². The van der Waals surface area contributed by atoms with Crippen molar-refractivity contribution in [1.82, 2.24) is 9.03 Å². The highest BCUT2D eigenvalue weighted by Gasteiger charge is 2.29. The van der Waals surface area contributed by atoms with Gasteiger partial charge in [0.15, 0.2) is 0 Å². The van der Waals surface area contributed by atoms with Gasteiger partial charge in [0.25, 0.3) is 0 Å². The van der Waals surface area contributed by atoms with Gasteiger partial charge in [-0.1, -0.05) is 6.42 Å². The summed E-state index contributed by atoms with van der Waals surface area (Å²) in [6, 6.07) is 6.71. The van der Waals surface area contributed by atoms with Gasteiger partial charge in [0, 0.05) is 30.6 Å². The minimum atomic E-state index is -3.88. The number of nitrogens with zero attached hydrogens (tertiary/aromatic N) is 1. The Morgan fingerprint density at radius 2 is 1.93 bits per heavy atom. The third kappa shape index (κ3) is 4.57. The molecule has 0 spiro atoms. The van der Waals surface area contributed by atoms with Gasteiger partial charge in [0.2, 0.25) is 20.0 Å². The van der Waals surface area contributed by atoms with Crippen LogP contribution in [0, 0.1) is 0 Å². The number of benzene rings is 1. The predicted molar refractivity (Wildman–Crippen MR) is 101 cm³/mol. The Morgan fingerprint density at radius 3 is 2.67 bits per heavy atom. The van der Waals surface area contributed by atoms with Crippen molar-refractivity contribution in [3.63, 3.8) is 0 Å². The lowest BCUT2D eigenvalue weighted by Crippen LogP contribution is -2.45. The van der Waals surface area contributed by atoms with E-state index in [0.717, 1.165) is 19.3 Å². The summed E-state index contributed by atoms with van der Waals surface area (Å²) >= 11 is 0. The normalized spacial score (nSPS) is 19.4. The molecule has 148 valence electrons. The summed E-state index contributed by atoms with van der Waals surface area (Å²) in [5.41, 5.74) is -0.239. The average Bonchev–Trinajstić information content (AvgIpc) is 2.61. The van der Waals surface area contributed by atoms with E-state index in [9.17, 15) is 21.6 Å². The first kappa shape index (κ1) is 20.0. The van der Waals surface area contributed by atoms with Crippen molar-refractivity contribution in [1.29, 1.82) is 0 Å². The van der Waals surface area contributed by atoms with Crippen molar-refractivity contribution in [2.75, 3.05) is 18.8 Å². The van der Waals surface area contributed by atoms with E-state index < -0.39 is 25.7 Å². The molecule has 2 heterocycles. The maximum absolute atomic E-state index is 12.5. The first-order valence-electron chi connectivity index (χ1n) is 8.72. The Bertz CT molecular complexity index is 1090. The summed E-state index contributed by atoms with van der Waals surface area (Å²) < 4.78 is 58.6. The molecule has 1 saturated heterocycles. The maximum atomic E-state index is 12.5. The van der Waals surface area contributed by atoms with Crippen LogP contribution in [0.5, 0.6) is 0 Å². The second-order valence-electron chi connectivity index (χ2n) is 6.62. The Kier molecular flexibility index (Phi) is 5.71. The van der Waals surface area contributed by atoms with Crippen LogP contribution in [0.2, 0.25) is 0 Å². The molecule has 8 nitrogen and oxygen atoms in total. The molecule has 1 atom stereocenters. The Labute approximate surface area is 158 Å². The monoisotopic (exact) mass is 414 g/mol. The zero-order valence-corrected chi connectivity index (χ0v) is 16.6.